The molecule has 0 unspecified atom stereocenters. The average molecular weight is 655 g/mol. The maximum atomic E-state index is 16.1. The number of nitriles is 1. The highest BCUT2D eigenvalue weighted by Gasteiger charge is 2.55. The summed E-state index contributed by atoms with van der Waals surface area (Å²) in [5.41, 5.74) is 0.373. The lowest BCUT2D eigenvalue weighted by Gasteiger charge is -2.39. The van der Waals surface area contributed by atoms with Gasteiger partial charge in [-0.1, -0.05) is 0 Å². The minimum Gasteiger partial charge on any atom is -0.472 e. The van der Waals surface area contributed by atoms with E-state index in [1.54, 1.807) is 11.1 Å². The molecule has 5 heterocycles. The van der Waals surface area contributed by atoms with Gasteiger partial charge in [0.05, 0.1) is 28.1 Å². The van der Waals surface area contributed by atoms with Crippen LogP contribution in [-0.4, -0.2) is 69.4 Å². The largest absolute Gasteiger partial charge is 0.472 e. The van der Waals surface area contributed by atoms with E-state index in [9.17, 15) is 14.9 Å². The van der Waals surface area contributed by atoms with E-state index >= 15 is 4.39 Å². The summed E-state index contributed by atoms with van der Waals surface area (Å²) < 4.78 is 30.5. The maximum absolute atomic E-state index is 16.1. The van der Waals surface area contributed by atoms with Crippen LogP contribution < -0.4 is 10.2 Å². The maximum Gasteiger partial charge on any atom is 0.410 e. The quantitative estimate of drug-likeness (QED) is 0.303. The van der Waals surface area contributed by atoms with Crippen LogP contribution in [-0.2, 0) is 11.2 Å². The zero-order chi connectivity index (χ0) is 30.8. The lowest BCUT2D eigenvalue weighted by molar-refractivity contribution is 0.0210. The second-order valence-corrected chi connectivity index (χ2v) is 13.9. The van der Waals surface area contributed by atoms with E-state index in [0.29, 0.717) is 34.8 Å². The molecule has 228 valence electrons. The number of fused-ring (bicyclic) bond motifs is 4. The Kier molecular flexibility index (Phi) is 7.66. The standard InChI is InChI=1S/C32H37BrFN5O4/c1-17(21-9-7-12-37(21)5)42-30-24-23(40)10-13-38(28-19-15-22(28)39(16-19)31(41)43-32(2,3)4)29(24)20-14-18(8-6-11-35)25(33)26(34)27(20)36-30/h10,13-14,17,19,21-22,28H,6-9,12,15-16H2,1-5H3/t17-,19+,21-,22+,28-/m0/s1. The van der Waals surface area contributed by atoms with Crippen molar-refractivity contribution >= 4 is 43.8 Å². The summed E-state index contributed by atoms with van der Waals surface area (Å²) in [6, 6.07) is 5.37. The molecule has 3 aliphatic heterocycles. The monoisotopic (exact) mass is 653 g/mol. The predicted molar refractivity (Wildman–Crippen MR) is 165 cm³/mol. The molecular weight excluding hydrogens is 617 g/mol. The number of carbonyl (C=O) groups is 1. The first-order valence-electron chi connectivity index (χ1n) is 15.0. The van der Waals surface area contributed by atoms with Gasteiger partial charge in [0.1, 0.15) is 22.6 Å². The Balaban J connectivity index is 1.53. The fourth-order valence-electron chi connectivity index (χ4n) is 7.17. The Bertz CT molecular complexity index is 1710. The van der Waals surface area contributed by atoms with Gasteiger partial charge in [0, 0.05) is 42.6 Å². The second-order valence-electron chi connectivity index (χ2n) is 13.1. The van der Waals surface area contributed by atoms with E-state index in [4.69, 9.17) is 9.47 Å². The van der Waals surface area contributed by atoms with E-state index in [1.165, 1.54) is 6.07 Å². The van der Waals surface area contributed by atoms with Crippen LogP contribution in [0.3, 0.4) is 0 Å². The molecule has 43 heavy (non-hydrogen) atoms. The van der Waals surface area contributed by atoms with Gasteiger partial charge in [0.25, 0.3) is 0 Å². The molecule has 1 saturated carbocycles. The van der Waals surface area contributed by atoms with Gasteiger partial charge in [-0.15, -0.1) is 0 Å². The van der Waals surface area contributed by atoms with Gasteiger partial charge in [-0.25, -0.2) is 14.2 Å². The summed E-state index contributed by atoms with van der Waals surface area (Å²) in [6.07, 6.45) is 4.51. The van der Waals surface area contributed by atoms with Gasteiger partial charge < -0.3 is 18.9 Å². The lowest BCUT2D eigenvalue weighted by Crippen LogP contribution is -2.44. The van der Waals surface area contributed by atoms with Crippen LogP contribution in [0, 0.1) is 23.1 Å². The highest BCUT2D eigenvalue weighted by molar-refractivity contribution is 9.10. The van der Waals surface area contributed by atoms with Crippen molar-refractivity contribution in [3.05, 3.63) is 44.4 Å². The van der Waals surface area contributed by atoms with Gasteiger partial charge in [0.15, 0.2) is 11.2 Å². The van der Waals surface area contributed by atoms with Crippen LogP contribution in [0.1, 0.15) is 65.0 Å². The van der Waals surface area contributed by atoms with Crippen molar-refractivity contribution in [2.24, 2.45) is 5.92 Å². The number of hydrogen-bond donors (Lipinski definition) is 0. The number of aromatic nitrogens is 2. The minimum atomic E-state index is -0.619. The van der Waals surface area contributed by atoms with E-state index < -0.39 is 11.4 Å². The Morgan fingerprint density at radius 2 is 2.12 bits per heavy atom. The lowest BCUT2D eigenvalue weighted by atomic mass is 9.79. The smallest absolute Gasteiger partial charge is 0.410 e. The number of likely N-dealkylation sites (tertiary alicyclic amines) is 1. The van der Waals surface area contributed by atoms with Gasteiger partial charge in [-0.3, -0.25) is 9.69 Å². The highest BCUT2D eigenvalue weighted by Crippen LogP contribution is 2.51. The molecule has 9 nitrogen and oxygen atoms in total. The predicted octanol–water partition coefficient (Wildman–Crippen LogP) is 5.95. The van der Waals surface area contributed by atoms with Crippen molar-refractivity contribution < 1.29 is 18.7 Å². The Morgan fingerprint density at radius 1 is 1.35 bits per heavy atom. The van der Waals surface area contributed by atoms with Crippen molar-refractivity contribution in [2.45, 2.75) is 89.6 Å². The van der Waals surface area contributed by atoms with Gasteiger partial charge >= 0.3 is 6.09 Å². The Labute approximate surface area is 258 Å². The highest BCUT2D eigenvalue weighted by atomic mass is 79.9. The number of aryl methyl sites for hydroxylation is 1. The summed E-state index contributed by atoms with van der Waals surface area (Å²) in [5.74, 6) is -0.293. The fraction of sp³-hybridized carbons (Fsp3) is 0.562. The summed E-state index contributed by atoms with van der Waals surface area (Å²) >= 11 is 3.40. The first kappa shape index (κ1) is 29.8. The van der Waals surface area contributed by atoms with Crippen LogP contribution in [0.4, 0.5) is 9.18 Å². The first-order chi connectivity index (χ1) is 20.4. The average Bonchev–Trinajstić information content (AvgIpc) is 3.66. The number of pyridine rings is 2. The summed E-state index contributed by atoms with van der Waals surface area (Å²) in [4.78, 5) is 35.4. The number of amides is 1. The van der Waals surface area contributed by atoms with E-state index in [2.05, 4.69) is 38.9 Å². The SMILES string of the molecule is C[C@H](Oc1nc2c(F)c(Br)c(CCC#N)cc2c2c1c(=O)ccn2[C@H]1[C@@H]2C[C@H]1N(C(=O)OC(C)(C)C)C2)[C@@H]1CCCN1C. The molecule has 0 N–H and O–H groups in total. The van der Waals surface area contributed by atoms with Gasteiger partial charge in [-0.05, 0) is 94.5 Å². The molecule has 1 aliphatic carbocycles. The first-order valence-corrected chi connectivity index (χ1v) is 15.8. The number of halogens is 2. The van der Waals surface area contributed by atoms with Gasteiger partial charge in [-0.2, -0.15) is 5.26 Å². The van der Waals surface area contributed by atoms with Crippen molar-refractivity contribution in [3.63, 3.8) is 0 Å². The number of likely N-dealkylation sites (N-methyl/N-ethyl adjacent to an activating group) is 1. The number of ether oxygens (including phenoxy) is 2. The number of hydrogen-bond acceptors (Lipinski definition) is 7. The molecule has 2 aromatic heterocycles. The summed E-state index contributed by atoms with van der Waals surface area (Å²) in [7, 11) is 2.05. The number of carbonyl (C=O) groups excluding carboxylic acids is 1. The number of rotatable bonds is 6. The topological polar surface area (TPSA) is 101 Å². The molecule has 1 aromatic carbocycles. The molecule has 5 atom stereocenters. The number of benzene rings is 1. The van der Waals surface area contributed by atoms with Crippen LogP contribution >= 0.6 is 15.9 Å². The zero-order valence-corrected chi connectivity index (χ0v) is 26.8. The number of nitrogens with zero attached hydrogens (tertiary/aromatic N) is 5. The third kappa shape index (κ3) is 5.16. The van der Waals surface area contributed by atoms with E-state index in [1.807, 2.05) is 38.3 Å². The third-order valence-corrected chi connectivity index (χ3v) is 10.0. The normalized spacial score (nSPS) is 24.3. The zero-order valence-electron chi connectivity index (χ0n) is 25.2. The second kappa shape index (κ2) is 11.0. The molecule has 3 saturated heterocycles. The third-order valence-electron chi connectivity index (χ3n) is 9.19. The van der Waals surface area contributed by atoms with E-state index in [-0.39, 0.29) is 64.0 Å². The Hall–Kier alpha value is -3.23. The molecule has 3 aromatic rings. The van der Waals surface area contributed by atoms with Crippen LogP contribution in [0.2, 0.25) is 0 Å². The minimum absolute atomic E-state index is 0.0945. The molecule has 0 spiro atoms. The molecular formula is C32H37BrFN5O4. The van der Waals surface area contributed by atoms with Crippen LogP contribution in [0.15, 0.2) is 27.6 Å². The van der Waals surface area contributed by atoms with Crippen molar-refractivity contribution in [3.8, 4) is 11.9 Å². The molecule has 4 fully saturated rings. The van der Waals surface area contributed by atoms with Crippen LogP contribution in [0.25, 0.3) is 21.8 Å². The summed E-state index contributed by atoms with van der Waals surface area (Å²) in [5, 5.41) is 10.00. The van der Waals surface area contributed by atoms with E-state index in [0.717, 1.165) is 25.8 Å². The molecule has 11 heteroatoms. The summed E-state index contributed by atoms with van der Waals surface area (Å²) in [6.45, 7) is 9.01. The van der Waals surface area contributed by atoms with Crippen molar-refractivity contribution in [1.29, 1.82) is 5.26 Å². The fourth-order valence-corrected chi connectivity index (χ4v) is 7.67. The molecule has 1 amide bonds. The van der Waals surface area contributed by atoms with Crippen molar-refractivity contribution in [2.75, 3.05) is 20.1 Å². The molecule has 4 aliphatic rings. The molecule has 2 bridgehead atoms. The Morgan fingerprint density at radius 3 is 2.79 bits per heavy atom. The molecule has 7 rings (SSSR count). The molecule has 0 radical (unpaired) electrons. The van der Waals surface area contributed by atoms with Crippen LogP contribution in [0.5, 0.6) is 5.88 Å². The van der Waals surface area contributed by atoms with Gasteiger partial charge in [0.2, 0.25) is 5.88 Å². The van der Waals surface area contributed by atoms with Crippen molar-refractivity contribution in [1.82, 2.24) is 19.4 Å².